The van der Waals surface area contributed by atoms with Gasteiger partial charge in [0.15, 0.2) is 18.4 Å². The van der Waals surface area contributed by atoms with Crippen LogP contribution in [0, 0.1) is 0 Å². The van der Waals surface area contributed by atoms with E-state index in [1.807, 2.05) is 0 Å². The van der Waals surface area contributed by atoms with Gasteiger partial charge in [-0.15, -0.1) is 0 Å². The Morgan fingerprint density at radius 3 is 1.00 bits per heavy atom. The van der Waals surface area contributed by atoms with Crippen molar-refractivity contribution in [2.75, 3.05) is 26.4 Å². The third-order valence-electron chi connectivity index (χ3n) is 4.23. The second-order valence-corrected chi connectivity index (χ2v) is 7.03. The second-order valence-electron chi connectivity index (χ2n) is 7.03. The van der Waals surface area contributed by atoms with Crippen LogP contribution < -0.4 is 0 Å². The molecule has 0 aromatic rings. The lowest BCUT2D eigenvalue weighted by atomic mass is 10.0. The molecule has 0 fully saturated rings. The SMILES string of the molecule is O=C(CO)[C@@H](O)[C@H](O)[C@H](O)CO.O=C[C@@H](O)[C@@H](O)[C@H](O)[C@H](O)CO.O=C[C@H](O)[C@@H](O)[C@H](O)[C@H](O)CO. The number of rotatable bonds is 15. The molecule has 0 heterocycles. The van der Waals surface area contributed by atoms with Crippen LogP contribution in [0.5, 0.6) is 0 Å². The Morgan fingerprint density at radius 2 is 0.778 bits per heavy atom. The third kappa shape index (κ3) is 14.8. The highest BCUT2D eigenvalue weighted by Gasteiger charge is 2.31. The van der Waals surface area contributed by atoms with Crippen LogP contribution in [0.1, 0.15) is 0 Å². The van der Waals surface area contributed by atoms with E-state index >= 15 is 0 Å². The van der Waals surface area contributed by atoms with Gasteiger partial charge >= 0.3 is 0 Å². The van der Waals surface area contributed by atoms with Gasteiger partial charge in [0.1, 0.15) is 73.8 Å². The number of hydrogen-bond donors (Lipinski definition) is 15. The predicted molar refractivity (Wildman–Crippen MR) is 112 cm³/mol. The molecular weight excluding hydrogens is 504 g/mol. The molecule has 0 aliphatic carbocycles. The van der Waals surface area contributed by atoms with Crippen molar-refractivity contribution in [3.05, 3.63) is 0 Å². The summed E-state index contributed by atoms with van der Waals surface area (Å²) in [6.45, 7) is -3.21. The van der Waals surface area contributed by atoms with Crippen LogP contribution >= 0.6 is 0 Å². The van der Waals surface area contributed by atoms with Gasteiger partial charge in [0.05, 0.1) is 19.8 Å². The molecule has 18 heteroatoms. The Hall–Kier alpha value is -1.59. The van der Waals surface area contributed by atoms with Gasteiger partial charge in [-0.2, -0.15) is 0 Å². The molecule has 18 nitrogen and oxygen atoms in total. The largest absolute Gasteiger partial charge is 0.394 e. The van der Waals surface area contributed by atoms with Crippen molar-refractivity contribution in [1.29, 1.82) is 0 Å². The molecule has 0 aromatic heterocycles. The molecule has 0 saturated heterocycles. The van der Waals surface area contributed by atoms with Crippen LogP contribution in [-0.4, -0.2) is 189 Å². The summed E-state index contributed by atoms with van der Waals surface area (Å²) in [6, 6.07) is 0. The first-order chi connectivity index (χ1) is 16.6. The predicted octanol–water partition coefficient (Wildman–Crippen LogP) is -10.1. The Labute approximate surface area is 203 Å². The van der Waals surface area contributed by atoms with Crippen LogP contribution in [-0.2, 0) is 14.4 Å². The lowest BCUT2D eigenvalue weighted by Gasteiger charge is -2.22. The smallest absolute Gasteiger partial charge is 0.189 e. The number of aliphatic hydroxyl groups is 15. The third-order valence-corrected chi connectivity index (χ3v) is 4.23. The summed E-state index contributed by atoms with van der Waals surface area (Å²) >= 11 is 0. The molecule has 0 aliphatic heterocycles. The van der Waals surface area contributed by atoms with Gasteiger partial charge in [0.2, 0.25) is 0 Å². The van der Waals surface area contributed by atoms with E-state index in [9.17, 15) is 14.4 Å². The summed E-state index contributed by atoms with van der Waals surface area (Å²) in [6.07, 6.45) is -18.9. The van der Waals surface area contributed by atoms with Gasteiger partial charge in [-0.1, -0.05) is 0 Å². The molecule has 36 heavy (non-hydrogen) atoms. The highest BCUT2D eigenvalue weighted by molar-refractivity contribution is 5.84. The van der Waals surface area contributed by atoms with Crippen LogP contribution in [0.3, 0.4) is 0 Å². The molecule has 11 atom stereocenters. The number of Topliss-reactive ketones (excluding diaryl/α,β-unsaturated/α-hetero) is 1. The fourth-order valence-corrected chi connectivity index (χ4v) is 1.84. The average Bonchev–Trinajstić information content (AvgIpc) is 2.92. The Balaban J connectivity index is -0.000000454. The molecule has 0 spiro atoms. The Bertz CT molecular complexity index is 546. The molecule has 0 radical (unpaired) electrons. The first kappa shape index (κ1) is 38.9. The lowest BCUT2D eigenvalue weighted by Crippen LogP contribution is -2.46. The minimum atomic E-state index is -1.86. The quantitative estimate of drug-likeness (QED) is 0.0856. The standard InChI is InChI=1S/3C6H12O6/c3*7-1-3(9)5(11)6(12)4(10)2-8/h3,5-9,11-12H,1-2H2;2*1,3-6,8-12H,2H2/t3-,5-,6-;3-,4+,5+,6+;3-,4-,5-,6-/m101/s1. The zero-order chi connectivity index (χ0) is 29.2. The van der Waals surface area contributed by atoms with Crippen molar-refractivity contribution in [2.45, 2.75) is 67.1 Å². The zero-order valence-corrected chi connectivity index (χ0v) is 18.8. The fraction of sp³-hybridized carbons (Fsp3) is 0.833. The van der Waals surface area contributed by atoms with E-state index in [1.54, 1.807) is 0 Å². The second kappa shape index (κ2) is 21.5. The van der Waals surface area contributed by atoms with E-state index in [0.29, 0.717) is 0 Å². The van der Waals surface area contributed by atoms with Gasteiger partial charge in [-0.05, 0) is 0 Å². The summed E-state index contributed by atoms with van der Waals surface area (Å²) in [5, 5.41) is 130. The number of aliphatic hydroxyl groups excluding tert-OH is 15. The summed E-state index contributed by atoms with van der Waals surface area (Å²) in [5.74, 6) is -1.00. The van der Waals surface area contributed by atoms with Crippen molar-refractivity contribution in [3.8, 4) is 0 Å². The molecule has 216 valence electrons. The van der Waals surface area contributed by atoms with Crippen molar-refractivity contribution >= 4 is 18.4 Å². The van der Waals surface area contributed by atoms with Crippen molar-refractivity contribution < 1.29 is 91.0 Å². The number of aldehydes is 2. The van der Waals surface area contributed by atoms with Crippen LogP contribution in [0.15, 0.2) is 0 Å². The first-order valence-corrected chi connectivity index (χ1v) is 9.98. The zero-order valence-electron chi connectivity index (χ0n) is 18.8. The molecule has 0 bridgehead atoms. The fourth-order valence-electron chi connectivity index (χ4n) is 1.84. The van der Waals surface area contributed by atoms with E-state index < -0.39 is 99.4 Å². The summed E-state index contributed by atoms with van der Waals surface area (Å²) in [5.41, 5.74) is 0. The number of ketones is 1. The van der Waals surface area contributed by atoms with Crippen LogP contribution in [0.4, 0.5) is 0 Å². The maximum atomic E-state index is 10.5. The summed E-state index contributed by atoms with van der Waals surface area (Å²) < 4.78 is 0. The summed E-state index contributed by atoms with van der Waals surface area (Å²) in [7, 11) is 0. The van der Waals surface area contributed by atoms with Crippen molar-refractivity contribution in [2.24, 2.45) is 0 Å². The minimum absolute atomic E-state index is 0.0258. The summed E-state index contributed by atoms with van der Waals surface area (Å²) in [4.78, 5) is 30.3. The molecular formula is C18H36O18. The van der Waals surface area contributed by atoms with Crippen LogP contribution in [0.25, 0.3) is 0 Å². The van der Waals surface area contributed by atoms with Crippen molar-refractivity contribution in [1.82, 2.24) is 0 Å². The number of carbonyl (C=O) groups excluding carboxylic acids is 3. The Kier molecular flexibility index (Phi) is 23.2. The van der Waals surface area contributed by atoms with E-state index in [2.05, 4.69) is 0 Å². The van der Waals surface area contributed by atoms with Crippen molar-refractivity contribution in [3.63, 3.8) is 0 Å². The number of hydrogen-bond acceptors (Lipinski definition) is 18. The van der Waals surface area contributed by atoms with Gasteiger partial charge in [0.25, 0.3) is 0 Å². The van der Waals surface area contributed by atoms with Crippen LogP contribution in [0.2, 0.25) is 0 Å². The maximum Gasteiger partial charge on any atom is 0.189 e. The highest BCUT2D eigenvalue weighted by Crippen LogP contribution is 2.04. The molecule has 0 unspecified atom stereocenters. The van der Waals surface area contributed by atoms with Gasteiger partial charge < -0.3 is 86.2 Å². The van der Waals surface area contributed by atoms with Gasteiger partial charge in [-0.25, -0.2) is 0 Å². The normalized spacial score (nSPS) is 20.2. The minimum Gasteiger partial charge on any atom is -0.394 e. The van der Waals surface area contributed by atoms with E-state index in [-0.39, 0.29) is 12.6 Å². The molecule has 0 amide bonds. The molecule has 0 aliphatic rings. The molecule has 0 aromatic carbocycles. The van der Waals surface area contributed by atoms with E-state index in [0.717, 1.165) is 0 Å². The average molecular weight is 540 g/mol. The van der Waals surface area contributed by atoms with Gasteiger partial charge in [0, 0.05) is 0 Å². The number of carbonyl (C=O) groups is 3. The highest BCUT2D eigenvalue weighted by atomic mass is 16.4. The van der Waals surface area contributed by atoms with Gasteiger partial charge in [-0.3, -0.25) is 4.79 Å². The molecule has 0 rings (SSSR count). The lowest BCUT2D eigenvalue weighted by molar-refractivity contribution is -0.142. The van der Waals surface area contributed by atoms with E-state index in [1.165, 1.54) is 0 Å². The molecule has 0 saturated carbocycles. The monoisotopic (exact) mass is 540 g/mol. The first-order valence-electron chi connectivity index (χ1n) is 9.98. The van der Waals surface area contributed by atoms with E-state index in [4.69, 9.17) is 76.6 Å². The molecule has 15 N–H and O–H groups in total. The Morgan fingerprint density at radius 1 is 0.500 bits per heavy atom. The maximum absolute atomic E-state index is 10.5. The topological polar surface area (TPSA) is 355 Å².